The van der Waals surface area contributed by atoms with Crippen molar-refractivity contribution in [3.63, 3.8) is 0 Å². The van der Waals surface area contributed by atoms with Crippen LogP contribution in [0.2, 0.25) is 0 Å². The summed E-state index contributed by atoms with van der Waals surface area (Å²) in [6, 6.07) is 8.30. The first-order valence-electron chi connectivity index (χ1n) is 8.20. The van der Waals surface area contributed by atoms with Gasteiger partial charge in [-0.05, 0) is 37.8 Å². The topological polar surface area (TPSA) is 60.4 Å². The average molecular weight is 334 g/mol. The van der Waals surface area contributed by atoms with E-state index in [2.05, 4.69) is 0 Å². The maximum atomic E-state index is 13.4. The summed E-state index contributed by atoms with van der Waals surface area (Å²) in [5.41, 5.74) is 0. The third-order valence-electron chi connectivity index (χ3n) is 5.00. The van der Waals surface area contributed by atoms with Crippen LogP contribution in [-0.2, 0) is 19.4 Å². The number of sulfone groups is 1. The molecule has 0 N–H and O–H groups in total. The lowest BCUT2D eigenvalue weighted by atomic mass is 9.84. The first kappa shape index (κ1) is 16.2. The van der Waals surface area contributed by atoms with E-state index >= 15 is 0 Å². The molecule has 2 aliphatic rings. The molecule has 0 amide bonds. The summed E-state index contributed by atoms with van der Waals surface area (Å²) in [6.07, 6.45) is 6.68. The van der Waals surface area contributed by atoms with Crippen molar-refractivity contribution in [2.24, 2.45) is 5.92 Å². The van der Waals surface area contributed by atoms with Gasteiger partial charge in [0, 0.05) is 5.92 Å². The van der Waals surface area contributed by atoms with Crippen LogP contribution in [0.15, 0.2) is 47.4 Å². The van der Waals surface area contributed by atoms with Gasteiger partial charge in [0.2, 0.25) is 0 Å². The number of rotatable bonds is 4. The Bertz CT molecular complexity index is 708. The molecule has 0 spiro atoms. The Kier molecular flexibility index (Phi) is 4.32. The quantitative estimate of drug-likeness (QED) is 0.626. The third-order valence-corrected chi connectivity index (χ3v) is 7.52. The minimum atomic E-state index is -3.80. The van der Waals surface area contributed by atoms with Crippen molar-refractivity contribution >= 4 is 15.8 Å². The minimum absolute atomic E-state index is 0.209. The number of fused-ring (bicyclic) bond motifs is 1. The third kappa shape index (κ3) is 2.42. The molecule has 3 atom stereocenters. The van der Waals surface area contributed by atoms with Crippen molar-refractivity contribution in [3.8, 4) is 0 Å². The molecular formula is C18H22O4S. The van der Waals surface area contributed by atoms with Gasteiger partial charge in [0.15, 0.2) is 14.6 Å². The molecule has 0 unspecified atom stereocenters. The number of allylic oxidation sites excluding steroid dienone is 2. The lowest BCUT2D eigenvalue weighted by Crippen LogP contribution is -2.49. The summed E-state index contributed by atoms with van der Waals surface area (Å²) in [4.78, 5) is 13.0. The van der Waals surface area contributed by atoms with Gasteiger partial charge in [-0.1, -0.05) is 43.7 Å². The average Bonchev–Trinajstić information content (AvgIpc) is 2.72. The summed E-state index contributed by atoms with van der Waals surface area (Å²) in [7, 11) is -3.80. The Hall–Kier alpha value is -1.62. The van der Waals surface area contributed by atoms with E-state index in [1.807, 2.05) is 19.1 Å². The molecule has 1 aliphatic carbocycles. The fourth-order valence-electron chi connectivity index (χ4n) is 3.86. The Morgan fingerprint density at radius 3 is 2.65 bits per heavy atom. The van der Waals surface area contributed by atoms with Crippen LogP contribution in [0.1, 0.15) is 39.0 Å². The number of ether oxygens (including phenoxy) is 1. The van der Waals surface area contributed by atoms with Crippen LogP contribution in [0.3, 0.4) is 0 Å². The molecule has 124 valence electrons. The molecule has 1 fully saturated rings. The highest BCUT2D eigenvalue weighted by Gasteiger charge is 2.64. The number of esters is 1. The molecule has 1 aromatic rings. The zero-order chi connectivity index (χ0) is 16.5. The van der Waals surface area contributed by atoms with E-state index in [-0.39, 0.29) is 16.9 Å². The molecular weight excluding hydrogens is 312 g/mol. The lowest BCUT2D eigenvalue weighted by molar-refractivity contribution is -0.143. The van der Waals surface area contributed by atoms with Crippen molar-refractivity contribution in [1.29, 1.82) is 0 Å². The van der Waals surface area contributed by atoms with E-state index < -0.39 is 20.6 Å². The zero-order valence-corrected chi connectivity index (χ0v) is 14.1. The molecule has 0 bridgehead atoms. The summed E-state index contributed by atoms with van der Waals surface area (Å²) >= 11 is 0. The van der Waals surface area contributed by atoms with Crippen LogP contribution in [0.25, 0.3) is 0 Å². The van der Waals surface area contributed by atoms with Crippen LogP contribution in [0, 0.1) is 5.92 Å². The summed E-state index contributed by atoms with van der Waals surface area (Å²) in [5.74, 6) is -0.868. The fraction of sp³-hybridized carbons (Fsp3) is 0.500. The first-order chi connectivity index (χ1) is 11.0. The van der Waals surface area contributed by atoms with E-state index in [1.54, 1.807) is 30.3 Å². The van der Waals surface area contributed by atoms with Gasteiger partial charge in [0.25, 0.3) is 0 Å². The van der Waals surface area contributed by atoms with Crippen molar-refractivity contribution in [2.45, 2.75) is 54.8 Å². The van der Waals surface area contributed by atoms with Gasteiger partial charge in [-0.25, -0.2) is 8.42 Å². The highest BCUT2D eigenvalue weighted by atomic mass is 32.2. The molecule has 1 aliphatic heterocycles. The molecule has 3 rings (SSSR count). The normalized spacial score (nSPS) is 30.6. The van der Waals surface area contributed by atoms with Crippen LogP contribution in [0.4, 0.5) is 0 Å². The SMILES string of the molecule is CCC[C@H]1OC(=O)[C@]2(S(=O)(=O)c3ccccc3)CCC=CC[C@H]12. The smallest absolute Gasteiger partial charge is 0.328 e. The van der Waals surface area contributed by atoms with Crippen LogP contribution in [-0.4, -0.2) is 25.2 Å². The summed E-state index contributed by atoms with van der Waals surface area (Å²) < 4.78 is 30.9. The molecule has 1 heterocycles. The van der Waals surface area contributed by atoms with Crippen molar-refractivity contribution in [1.82, 2.24) is 0 Å². The van der Waals surface area contributed by atoms with Crippen LogP contribution < -0.4 is 0 Å². The van der Waals surface area contributed by atoms with E-state index in [4.69, 9.17) is 4.74 Å². The molecule has 4 nitrogen and oxygen atoms in total. The highest BCUT2D eigenvalue weighted by molar-refractivity contribution is 7.93. The summed E-state index contributed by atoms with van der Waals surface area (Å²) in [5, 5.41) is 0. The number of carbonyl (C=O) groups is 1. The molecule has 1 aromatic carbocycles. The van der Waals surface area contributed by atoms with Gasteiger partial charge in [0.05, 0.1) is 4.90 Å². The Morgan fingerprint density at radius 1 is 1.22 bits per heavy atom. The molecule has 0 radical (unpaired) electrons. The van der Waals surface area contributed by atoms with Gasteiger partial charge in [-0.3, -0.25) is 4.79 Å². The van der Waals surface area contributed by atoms with E-state index in [9.17, 15) is 13.2 Å². The Morgan fingerprint density at radius 2 is 1.96 bits per heavy atom. The maximum absolute atomic E-state index is 13.4. The second-order valence-electron chi connectivity index (χ2n) is 6.29. The predicted molar refractivity (Wildman–Crippen MR) is 87.6 cm³/mol. The van der Waals surface area contributed by atoms with Gasteiger partial charge in [-0.2, -0.15) is 0 Å². The number of benzene rings is 1. The molecule has 1 saturated heterocycles. The maximum Gasteiger partial charge on any atom is 0.328 e. The standard InChI is InChI=1S/C18H22O4S/c1-2-9-16-15-12-7-4-8-13-18(15,17(19)22-16)23(20,21)14-10-5-3-6-11-14/h3-7,10-11,15-16H,2,8-9,12-13H2,1H3/t15-,16-,18+/m1/s1. The predicted octanol–water partition coefficient (Wildman–Crippen LogP) is 3.28. The van der Waals surface area contributed by atoms with Crippen molar-refractivity contribution < 1.29 is 17.9 Å². The Balaban J connectivity index is 2.14. The van der Waals surface area contributed by atoms with E-state index in [0.29, 0.717) is 25.7 Å². The molecule has 5 heteroatoms. The van der Waals surface area contributed by atoms with Crippen molar-refractivity contribution in [2.75, 3.05) is 0 Å². The van der Waals surface area contributed by atoms with Gasteiger partial charge in [0.1, 0.15) is 6.10 Å². The lowest BCUT2D eigenvalue weighted by Gasteiger charge is -2.30. The second kappa shape index (κ2) is 6.11. The molecule has 0 saturated carbocycles. The van der Waals surface area contributed by atoms with E-state index in [0.717, 1.165) is 6.42 Å². The Labute approximate surface area is 137 Å². The zero-order valence-electron chi connectivity index (χ0n) is 13.3. The highest BCUT2D eigenvalue weighted by Crippen LogP contribution is 2.49. The van der Waals surface area contributed by atoms with Gasteiger partial charge >= 0.3 is 5.97 Å². The van der Waals surface area contributed by atoms with Crippen molar-refractivity contribution in [3.05, 3.63) is 42.5 Å². The summed E-state index contributed by atoms with van der Waals surface area (Å²) in [6.45, 7) is 2.02. The number of hydrogen-bond acceptors (Lipinski definition) is 4. The van der Waals surface area contributed by atoms with Gasteiger partial charge in [-0.15, -0.1) is 0 Å². The van der Waals surface area contributed by atoms with Crippen LogP contribution in [0.5, 0.6) is 0 Å². The largest absolute Gasteiger partial charge is 0.461 e. The second-order valence-corrected chi connectivity index (χ2v) is 8.50. The first-order valence-corrected chi connectivity index (χ1v) is 9.68. The molecule has 23 heavy (non-hydrogen) atoms. The molecule has 0 aromatic heterocycles. The number of hydrogen-bond donors (Lipinski definition) is 0. The fourth-order valence-corrected chi connectivity index (χ4v) is 6.09. The monoisotopic (exact) mass is 334 g/mol. The minimum Gasteiger partial charge on any atom is -0.461 e. The van der Waals surface area contributed by atoms with E-state index in [1.165, 1.54) is 0 Å². The number of carbonyl (C=O) groups excluding carboxylic acids is 1. The number of cyclic esters (lactones) is 1. The van der Waals surface area contributed by atoms with Gasteiger partial charge < -0.3 is 4.74 Å². The van der Waals surface area contributed by atoms with Crippen LogP contribution >= 0.6 is 0 Å².